The molecule has 0 aliphatic rings. The first-order valence-corrected chi connectivity index (χ1v) is 7.70. The van der Waals surface area contributed by atoms with Crippen LogP contribution in [0.25, 0.3) is 5.69 Å². The highest BCUT2D eigenvalue weighted by Crippen LogP contribution is 2.20. The third-order valence-electron chi connectivity index (χ3n) is 3.13. The second kappa shape index (κ2) is 9.07. The summed E-state index contributed by atoms with van der Waals surface area (Å²) < 4.78 is 7.01. The van der Waals surface area contributed by atoms with E-state index in [9.17, 15) is 9.59 Å². The van der Waals surface area contributed by atoms with Crippen molar-refractivity contribution in [1.82, 2.24) is 20.4 Å². The standard InChI is InChI=1S/C18H20N4O3/c1-3-10-19-16(23)13-25-15-12-22(14-8-6-5-7-9-14)21-17(15)18(24)20-11-4-2/h3-9,12H,1-2,10-11,13H2,(H,19,23)(H,20,24). The lowest BCUT2D eigenvalue weighted by atomic mass is 10.3. The van der Waals surface area contributed by atoms with Crippen LogP contribution in [0.3, 0.4) is 0 Å². The molecule has 0 spiro atoms. The number of carbonyl (C=O) groups is 2. The molecule has 0 saturated carbocycles. The minimum atomic E-state index is -0.406. The Morgan fingerprint density at radius 2 is 1.80 bits per heavy atom. The summed E-state index contributed by atoms with van der Waals surface area (Å²) in [7, 11) is 0. The number of rotatable bonds is 9. The van der Waals surface area contributed by atoms with Crippen molar-refractivity contribution in [3.63, 3.8) is 0 Å². The second-order valence-corrected chi connectivity index (χ2v) is 5.00. The van der Waals surface area contributed by atoms with Crippen LogP contribution in [-0.2, 0) is 4.79 Å². The van der Waals surface area contributed by atoms with Gasteiger partial charge < -0.3 is 15.4 Å². The fourth-order valence-corrected chi connectivity index (χ4v) is 1.96. The number of nitrogens with zero attached hydrogens (tertiary/aromatic N) is 2. The van der Waals surface area contributed by atoms with Crippen molar-refractivity contribution < 1.29 is 14.3 Å². The Hall–Kier alpha value is -3.35. The van der Waals surface area contributed by atoms with E-state index in [2.05, 4.69) is 28.9 Å². The van der Waals surface area contributed by atoms with Crippen LogP contribution in [-0.4, -0.2) is 41.3 Å². The maximum Gasteiger partial charge on any atom is 0.275 e. The number of hydrogen-bond acceptors (Lipinski definition) is 4. The first kappa shape index (κ1) is 18.0. The van der Waals surface area contributed by atoms with E-state index in [-0.39, 0.29) is 24.0 Å². The lowest BCUT2D eigenvalue weighted by molar-refractivity contribution is -0.122. The predicted octanol–water partition coefficient (Wildman–Crippen LogP) is 1.47. The summed E-state index contributed by atoms with van der Waals surface area (Å²) in [6.45, 7) is 7.50. The number of amides is 2. The highest BCUT2D eigenvalue weighted by atomic mass is 16.5. The van der Waals surface area contributed by atoms with Gasteiger partial charge in [0.25, 0.3) is 11.8 Å². The van der Waals surface area contributed by atoms with Gasteiger partial charge in [0.2, 0.25) is 0 Å². The molecule has 2 N–H and O–H groups in total. The fourth-order valence-electron chi connectivity index (χ4n) is 1.96. The van der Waals surface area contributed by atoms with Crippen molar-refractivity contribution in [2.24, 2.45) is 0 Å². The minimum Gasteiger partial charge on any atom is -0.480 e. The molecule has 1 aromatic heterocycles. The van der Waals surface area contributed by atoms with Gasteiger partial charge in [0.1, 0.15) is 0 Å². The quantitative estimate of drug-likeness (QED) is 0.677. The van der Waals surface area contributed by atoms with E-state index in [1.165, 1.54) is 4.68 Å². The zero-order valence-corrected chi connectivity index (χ0v) is 13.8. The van der Waals surface area contributed by atoms with E-state index in [1.807, 2.05) is 30.3 Å². The van der Waals surface area contributed by atoms with Crippen molar-refractivity contribution in [3.05, 3.63) is 67.5 Å². The summed E-state index contributed by atoms with van der Waals surface area (Å²) >= 11 is 0. The smallest absolute Gasteiger partial charge is 0.275 e. The van der Waals surface area contributed by atoms with E-state index in [0.29, 0.717) is 13.1 Å². The Labute approximate surface area is 146 Å². The molecule has 7 heteroatoms. The number of ether oxygens (including phenoxy) is 1. The zero-order valence-electron chi connectivity index (χ0n) is 13.8. The normalized spacial score (nSPS) is 9.92. The van der Waals surface area contributed by atoms with Gasteiger partial charge in [-0.25, -0.2) is 4.68 Å². The van der Waals surface area contributed by atoms with Gasteiger partial charge in [-0.15, -0.1) is 13.2 Å². The van der Waals surface area contributed by atoms with Crippen LogP contribution < -0.4 is 15.4 Å². The molecule has 0 aliphatic carbocycles. The summed E-state index contributed by atoms with van der Waals surface area (Å²) in [6, 6.07) is 9.29. The van der Waals surface area contributed by atoms with Crippen LogP contribution in [0.4, 0.5) is 0 Å². The molecule has 0 bridgehead atoms. The number of para-hydroxylation sites is 1. The average molecular weight is 340 g/mol. The van der Waals surface area contributed by atoms with E-state index in [4.69, 9.17) is 4.74 Å². The molecule has 130 valence electrons. The molecule has 7 nitrogen and oxygen atoms in total. The molecule has 0 unspecified atom stereocenters. The Balaban J connectivity index is 2.21. The summed E-state index contributed by atoms with van der Waals surface area (Å²) in [5.74, 6) is -0.500. The van der Waals surface area contributed by atoms with Gasteiger partial charge in [0, 0.05) is 13.1 Å². The topological polar surface area (TPSA) is 85.2 Å². The average Bonchev–Trinajstić information content (AvgIpc) is 3.07. The van der Waals surface area contributed by atoms with Crippen LogP contribution in [0.15, 0.2) is 61.8 Å². The number of nitrogens with one attached hydrogen (secondary N) is 2. The van der Waals surface area contributed by atoms with Crippen molar-refractivity contribution in [2.45, 2.75) is 0 Å². The van der Waals surface area contributed by atoms with Gasteiger partial charge in [-0.05, 0) is 12.1 Å². The largest absolute Gasteiger partial charge is 0.480 e. The monoisotopic (exact) mass is 340 g/mol. The number of aromatic nitrogens is 2. The number of hydrogen-bond donors (Lipinski definition) is 2. The Morgan fingerprint density at radius 3 is 2.48 bits per heavy atom. The summed E-state index contributed by atoms with van der Waals surface area (Å²) in [5, 5.41) is 9.52. The Bertz CT molecular complexity index is 753. The van der Waals surface area contributed by atoms with Gasteiger partial charge in [-0.3, -0.25) is 9.59 Å². The third-order valence-corrected chi connectivity index (χ3v) is 3.13. The summed E-state index contributed by atoms with van der Waals surface area (Å²) in [6.07, 6.45) is 4.70. The molecule has 0 aliphatic heterocycles. The molecule has 1 aromatic carbocycles. The van der Waals surface area contributed by atoms with Crippen LogP contribution in [0.5, 0.6) is 5.75 Å². The minimum absolute atomic E-state index is 0.0993. The molecular formula is C18H20N4O3. The van der Waals surface area contributed by atoms with Crippen molar-refractivity contribution >= 4 is 11.8 Å². The SMILES string of the molecule is C=CCNC(=O)COc1cn(-c2ccccc2)nc1C(=O)NCC=C. The van der Waals surface area contributed by atoms with E-state index in [0.717, 1.165) is 5.69 Å². The summed E-state index contributed by atoms with van der Waals surface area (Å²) in [5.41, 5.74) is 0.869. The highest BCUT2D eigenvalue weighted by Gasteiger charge is 2.19. The van der Waals surface area contributed by atoms with Crippen molar-refractivity contribution in [3.8, 4) is 11.4 Å². The molecule has 2 amide bonds. The van der Waals surface area contributed by atoms with Gasteiger partial charge in [-0.2, -0.15) is 5.10 Å². The molecular weight excluding hydrogens is 320 g/mol. The lowest BCUT2D eigenvalue weighted by Gasteiger charge is -2.06. The first-order valence-electron chi connectivity index (χ1n) is 7.70. The van der Waals surface area contributed by atoms with Gasteiger partial charge >= 0.3 is 0 Å². The van der Waals surface area contributed by atoms with E-state index < -0.39 is 5.91 Å². The predicted molar refractivity (Wildman–Crippen MR) is 94.8 cm³/mol. The van der Waals surface area contributed by atoms with Gasteiger partial charge in [0.15, 0.2) is 18.1 Å². The maximum atomic E-state index is 12.3. The second-order valence-electron chi connectivity index (χ2n) is 5.00. The summed E-state index contributed by atoms with van der Waals surface area (Å²) in [4.78, 5) is 23.9. The van der Waals surface area contributed by atoms with Crippen LogP contribution >= 0.6 is 0 Å². The molecule has 2 aromatic rings. The molecule has 0 saturated heterocycles. The van der Waals surface area contributed by atoms with Crippen LogP contribution in [0.1, 0.15) is 10.5 Å². The highest BCUT2D eigenvalue weighted by molar-refractivity contribution is 5.95. The third kappa shape index (κ3) is 5.07. The van der Waals surface area contributed by atoms with E-state index in [1.54, 1.807) is 18.3 Å². The Morgan fingerprint density at radius 1 is 1.12 bits per heavy atom. The van der Waals surface area contributed by atoms with Gasteiger partial charge in [0.05, 0.1) is 11.9 Å². The molecule has 1 heterocycles. The molecule has 0 atom stereocenters. The molecule has 0 radical (unpaired) electrons. The fraction of sp³-hybridized carbons (Fsp3) is 0.167. The zero-order chi connectivity index (χ0) is 18.1. The van der Waals surface area contributed by atoms with E-state index >= 15 is 0 Å². The number of benzene rings is 1. The number of carbonyl (C=O) groups excluding carboxylic acids is 2. The van der Waals surface area contributed by atoms with Crippen molar-refractivity contribution in [2.75, 3.05) is 19.7 Å². The maximum absolute atomic E-state index is 12.3. The lowest BCUT2D eigenvalue weighted by Crippen LogP contribution is -2.29. The van der Waals surface area contributed by atoms with Gasteiger partial charge in [-0.1, -0.05) is 30.4 Å². The molecule has 25 heavy (non-hydrogen) atoms. The van der Waals surface area contributed by atoms with Crippen molar-refractivity contribution in [1.29, 1.82) is 0 Å². The first-order chi connectivity index (χ1) is 12.2. The molecule has 0 fully saturated rings. The Kier molecular flexibility index (Phi) is 6.53. The molecule has 2 rings (SSSR count). The van der Waals surface area contributed by atoms with Crippen LogP contribution in [0.2, 0.25) is 0 Å². The van der Waals surface area contributed by atoms with Crippen LogP contribution in [0, 0.1) is 0 Å².